The highest BCUT2D eigenvalue weighted by atomic mass is 19.1. The third kappa shape index (κ3) is 2.88. The number of nitrogens with zero attached hydrogens (tertiary/aromatic N) is 1. The first-order chi connectivity index (χ1) is 9.49. The fourth-order valence-electron chi connectivity index (χ4n) is 1.89. The first-order valence-electron chi connectivity index (χ1n) is 6.06. The third-order valence-electron chi connectivity index (χ3n) is 2.98. The predicted octanol–water partition coefficient (Wildman–Crippen LogP) is 2.39. The van der Waals surface area contributed by atoms with E-state index in [0.29, 0.717) is 5.56 Å². The van der Waals surface area contributed by atoms with E-state index in [4.69, 9.17) is 5.73 Å². The van der Waals surface area contributed by atoms with Crippen LogP contribution in [0, 0.1) is 5.82 Å². The molecule has 1 amide bonds. The average Bonchev–Trinajstić information content (AvgIpc) is 2.43. The Balaban J connectivity index is 2.21. The van der Waals surface area contributed by atoms with Crippen LogP contribution in [0.3, 0.4) is 0 Å². The number of rotatable bonds is 3. The molecule has 5 heteroatoms. The number of phenolic OH excluding ortho intramolecular Hbond substituents is 1. The van der Waals surface area contributed by atoms with Gasteiger partial charge in [0.1, 0.15) is 11.6 Å². The Kier molecular flexibility index (Phi) is 3.89. The van der Waals surface area contributed by atoms with Crippen LogP contribution in [0.15, 0.2) is 42.5 Å². The van der Waals surface area contributed by atoms with Gasteiger partial charge in [-0.1, -0.05) is 18.2 Å². The Morgan fingerprint density at radius 1 is 1.30 bits per heavy atom. The van der Waals surface area contributed by atoms with E-state index < -0.39 is 0 Å². The number of anilines is 1. The van der Waals surface area contributed by atoms with E-state index in [1.807, 2.05) is 0 Å². The smallest absolute Gasteiger partial charge is 0.256 e. The van der Waals surface area contributed by atoms with Crippen LogP contribution in [0.25, 0.3) is 0 Å². The summed E-state index contributed by atoms with van der Waals surface area (Å²) in [6.07, 6.45) is 0. The fraction of sp³-hybridized carbons (Fsp3) is 0.133. The van der Waals surface area contributed by atoms with E-state index in [2.05, 4.69) is 0 Å². The van der Waals surface area contributed by atoms with E-state index in [1.165, 1.54) is 29.2 Å². The van der Waals surface area contributed by atoms with Crippen molar-refractivity contribution < 1.29 is 14.3 Å². The zero-order chi connectivity index (χ0) is 14.7. The molecule has 3 N–H and O–H groups in total. The molecule has 0 aliphatic heterocycles. The molecule has 0 radical (unpaired) electrons. The molecular formula is C15H15FN2O2. The summed E-state index contributed by atoms with van der Waals surface area (Å²) in [7, 11) is 1.55. The second-order valence-electron chi connectivity index (χ2n) is 4.52. The van der Waals surface area contributed by atoms with Crippen molar-refractivity contribution in [3.63, 3.8) is 0 Å². The zero-order valence-corrected chi connectivity index (χ0v) is 11.0. The van der Waals surface area contributed by atoms with Crippen molar-refractivity contribution in [2.24, 2.45) is 0 Å². The van der Waals surface area contributed by atoms with Gasteiger partial charge in [-0.25, -0.2) is 4.39 Å². The van der Waals surface area contributed by atoms with E-state index in [-0.39, 0.29) is 35.3 Å². The van der Waals surface area contributed by atoms with E-state index in [1.54, 1.807) is 25.2 Å². The van der Waals surface area contributed by atoms with Gasteiger partial charge in [-0.3, -0.25) is 4.79 Å². The van der Waals surface area contributed by atoms with Crippen molar-refractivity contribution in [1.29, 1.82) is 0 Å². The molecule has 0 heterocycles. The lowest BCUT2D eigenvalue weighted by atomic mass is 10.1. The Hall–Kier alpha value is -2.56. The second-order valence-corrected chi connectivity index (χ2v) is 4.52. The molecule has 20 heavy (non-hydrogen) atoms. The van der Waals surface area contributed by atoms with Crippen molar-refractivity contribution >= 4 is 11.6 Å². The summed E-state index contributed by atoms with van der Waals surface area (Å²) in [6, 6.07) is 10.4. The van der Waals surface area contributed by atoms with Crippen LogP contribution in [0.4, 0.5) is 10.1 Å². The summed E-state index contributed by atoms with van der Waals surface area (Å²) in [5.41, 5.74) is 6.61. The molecule has 0 spiro atoms. The second kappa shape index (κ2) is 5.61. The van der Waals surface area contributed by atoms with Gasteiger partial charge in [0.15, 0.2) is 0 Å². The van der Waals surface area contributed by atoms with Gasteiger partial charge >= 0.3 is 0 Å². The molecule has 2 aromatic rings. The van der Waals surface area contributed by atoms with Crippen molar-refractivity contribution in [3.05, 3.63) is 59.4 Å². The van der Waals surface area contributed by atoms with Crippen LogP contribution in [0.5, 0.6) is 5.75 Å². The lowest BCUT2D eigenvalue weighted by Gasteiger charge is -2.18. The van der Waals surface area contributed by atoms with Gasteiger partial charge in [0.2, 0.25) is 0 Å². The Morgan fingerprint density at radius 3 is 2.70 bits per heavy atom. The molecule has 0 atom stereocenters. The first-order valence-corrected chi connectivity index (χ1v) is 6.06. The molecule has 0 bridgehead atoms. The molecule has 4 nitrogen and oxygen atoms in total. The highest BCUT2D eigenvalue weighted by molar-refractivity contribution is 5.99. The number of hydrogen-bond acceptors (Lipinski definition) is 3. The van der Waals surface area contributed by atoms with E-state index in [0.717, 1.165) is 0 Å². The largest absolute Gasteiger partial charge is 0.508 e. The zero-order valence-electron chi connectivity index (χ0n) is 11.0. The Labute approximate surface area is 116 Å². The maximum Gasteiger partial charge on any atom is 0.256 e. The van der Waals surface area contributed by atoms with Crippen molar-refractivity contribution in [1.82, 2.24) is 4.90 Å². The minimum atomic E-state index is -0.373. The summed E-state index contributed by atoms with van der Waals surface area (Å²) in [6.45, 7) is 0.126. The average molecular weight is 274 g/mol. The van der Waals surface area contributed by atoms with Crippen LogP contribution >= 0.6 is 0 Å². The number of phenols is 1. The molecule has 0 saturated carbocycles. The van der Waals surface area contributed by atoms with Gasteiger partial charge in [-0.05, 0) is 24.3 Å². The summed E-state index contributed by atoms with van der Waals surface area (Å²) in [4.78, 5) is 13.6. The number of carbonyl (C=O) groups excluding carboxylic acids is 1. The standard InChI is InChI=1S/C15H15FN2O2/c1-18(9-10-4-2-3-5-13(10)16)15(20)12-8-11(19)6-7-14(12)17/h2-8,19H,9,17H2,1H3. The molecule has 0 fully saturated rings. The van der Waals surface area contributed by atoms with Gasteiger partial charge in [0, 0.05) is 24.8 Å². The number of aromatic hydroxyl groups is 1. The maximum atomic E-state index is 13.6. The summed E-state index contributed by atoms with van der Waals surface area (Å²) >= 11 is 0. The number of amides is 1. The van der Waals surface area contributed by atoms with Crippen LogP contribution in [-0.2, 0) is 6.54 Å². The molecule has 0 aromatic heterocycles. The number of nitrogen functional groups attached to an aromatic ring is 1. The lowest BCUT2D eigenvalue weighted by Crippen LogP contribution is -2.27. The summed E-state index contributed by atoms with van der Waals surface area (Å²) in [5.74, 6) is -0.778. The van der Waals surface area contributed by atoms with Gasteiger partial charge in [-0.2, -0.15) is 0 Å². The number of benzene rings is 2. The highest BCUT2D eigenvalue weighted by Gasteiger charge is 2.16. The Bertz CT molecular complexity index is 644. The number of carbonyl (C=O) groups is 1. The molecule has 104 valence electrons. The highest BCUT2D eigenvalue weighted by Crippen LogP contribution is 2.20. The molecule has 0 aliphatic carbocycles. The van der Waals surface area contributed by atoms with Crippen LogP contribution in [-0.4, -0.2) is 23.0 Å². The van der Waals surface area contributed by atoms with Gasteiger partial charge in [-0.15, -0.1) is 0 Å². The maximum absolute atomic E-state index is 13.6. The SMILES string of the molecule is CN(Cc1ccccc1F)C(=O)c1cc(O)ccc1N. The molecule has 0 unspecified atom stereocenters. The van der Waals surface area contributed by atoms with E-state index in [9.17, 15) is 14.3 Å². The predicted molar refractivity (Wildman–Crippen MR) is 74.7 cm³/mol. The van der Waals surface area contributed by atoms with Crippen molar-refractivity contribution in [2.75, 3.05) is 12.8 Å². The monoisotopic (exact) mass is 274 g/mol. The third-order valence-corrected chi connectivity index (χ3v) is 2.98. The molecule has 0 aliphatic rings. The molecule has 0 saturated heterocycles. The lowest BCUT2D eigenvalue weighted by molar-refractivity contribution is 0.0784. The minimum absolute atomic E-state index is 0.0400. The van der Waals surface area contributed by atoms with Gasteiger partial charge in [0.05, 0.1) is 5.56 Å². The fourth-order valence-corrected chi connectivity index (χ4v) is 1.89. The van der Waals surface area contributed by atoms with Crippen molar-refractivity contribution in [2.45, 2.75) is 6.54 Å². The minimum Gasteiger partial charge on any atom is -0.508 e. The van der Waals surface area contributed by atoms with Crippen LogP contribution < -0.4 is 5.73 Å². The molecular weight excluding hydrogens is 259 g/mol. The van der Waals surface area contributed by atoms with Crippen molar-refractivity contribution in [3.8, 4) is 5.75 Å². The number of nitrogens with two attached hydrogens (primary N) is 1. The Morgan fingerprint density at radius 2 is 2.00 bits per heavy atom. The first kappa shape index (κ1) is 13.9. The number of halogens is 1. The normalized spacial score (nSPS) is 10.3. The molecule has 2 rings (SSSR count). The van der Waals surface area contributed by atoms with Gasteiger partial charge in [0.25, 0.3) is 5.91 Å². The molecule has 2 aromatic carbocycles. The quantitative estimate of drug-likeness (QED) is 0.667. The summed E-state index contributed by atoms with van der Waals surface area (Å²) in [5, 5.41) is 9.42. The topological polar surface area (TPSA) is 66.6 Å². The number of hydrogen-bond donors (Lipinski definition) is 2. The summed E-state index contributed by atoms with van der Waals surface area (Å²) < 4.78 is 13.6. The van der Waals surface area contributed by atoms with Crippen LogP contribution in [0.1, 0.15) is 15.9 Å². The van der Waals surface area contributed by atoms with Gasteiger partial charge < -0.3 is 15.7 Å². The van der Waals surface area contributed by atoms with E-state index >= 15 is 0 Å². The van der Waals surface area contributed by atoms with Crippen LogP contribution in [0.2, 0.25) is 0 Å².